The molecule has 0 unspecified atom stereocenters. The molecule has 2 aromatic carbocycles. The van der Waals surface area contributed by atoms with Crippen LogP contribution < -0.4 is 10.2 Å². The van der Waals surface area contributed by atoms with Gasteiger partial charge in [0, 0.05) is 36.2 Å². The van der Waals surface area contributed by atoms with E-state index in [1.54, 1.807) is 24.3 Å². The lowest BCUT2D eigenvalue weighted by atomic mass is 10.2. The van der Waals surface area contributed by atoms with Gasteiger partial charge in [0.25, 0.3) is 5.91 Å². The van der Waals surface area contributed by atoms with E-state index in [4.69, 9.17) is 0 Å². The van der Waals surface area contributed by atoms with Crippen LogP contribution in [0.4, 0.5) is 14.5 Å². The number of rotatable bonds is 5. The van der Waals surface area contributed by atoms with Gasteiger partial charge in [0.15, 0.2) is 11.6 Å². The first-order valence-electron chi connectivity index (χ1n) is 7.16. The molecule has 0 aromatic heterocycles. The fourth-order valence-electron chi connectivity index (χ4n) is 2.14. The van der Waals surface area contributed by atoms with Gasteiger partial charge in [0.05, 0.1) is 5.56 Å². The number of anilines is 1. The van der Waals surface area contributed by atoms with Crippen LogP contribution in [0.5, 0.6) is 0 Å². The first kappa shape index (κ1) is 18.1. The van der Waals surface area contributed by atoms with E-state index in [1.807, 2.05) is 0 Å². The zero-order valence-corrected chi connectivity index (χ0v) is 14.4. The highest BCUT2D eigenvalue weighted by atomic mass is 79.9. The smallest absolute Gasteiger partial charge is 0.252 e. The summed E-state index contributed by atoms with van der Waals surface area (Å²) in [7, 11) is 0. The minimum absolute atomic E-state index is 0.136. The lowest BCUT2D eigenvalue weighted by Crippen LogP contribution is -2.37. The second-order valence-electron chi connectivity index (χ2n) is 5.00. The summed E-state index contributed by atoms with van der Waals surface area (Å²) in [6.07, 6.45) is 0. The SMILES string of the molecule is CC(=O)N(CCNC(=O)c1ccccc1Br)c1ccc(F)c(F)c1. The fourth-order valence-corrected chi connectivity index (χ4v) is 2.61. The molecule has 0 bridgehead atoms. The number of amides is 2. The van der Waals surface area contributed by atoms with E-state index in [0.29, 0.717) is 10.0 Å². The Morgan fingerprint density at radius 3 is 2.46 bits per heavy atom. The Hall–Kier alpha value is -2.28. The summed E-state index contributed by atoms with van der Waals surface area (Å²) in [6, 6.07) is 10.2. The molecular weight excluding hydrogens is 382 g/mol. The molecule has 4 nitrogen and oxygen atoms in total. The predicted octanol–water partition coefficient (Wildman–Crippen LogP) is 3.51. The monoisotopic (exact) mass is 396 g/mol. The Balaban J connectivity index is 2.02. The summed E-state index contributed by atoms with van der Waals surface area (Å²) < 4.78 is 27.0. The number of hydrogen-bond acceptors (Lipinski definition) is 2. The quantitative estimate of drug-likeness (QED) is 0.840. The van der Waals surface area contributed by atoms with Crippen LogP contribution in [-0.4, -0.2) is 24.9 Å². The van der Waals surface area contributed by atoms with Gasteiger partial charge < -0.3 is 10.2 Å². The molecule has 24 heavy (non-hydrogen) atoms. The number of carbonyl (C=O) groups excluding carboxylic acids is 2. The molecule has 0 aliphatic carbocycles. The van der Waals surface area contributed by atoms with E-state index in [0.717, 1.165) is 12.1 Å². The van der Waals surface area contributed by atoms with Gasteiger partial charge in [-0.05, 0) is 40.2 Å². The highest BCUT2D eigenvalue weighted by Gasteiger charge is 2.15. The van der Waals surface area contributed by atoms with Crippen molar-refractivity contribution >= 4 is 33.4 Å². The van der Waals surface area contributed by atoms with Gasteiger partial charge in [-0.1, -0.05) is 12.1 Å². The van der Waals surface area contributed by atoms with Gasteiger partial charge in [-0.15, -0.1) is 0 Å². The van der Waals surface area contributed by atoms with Gasteiger partial charge in [-0.25, -0.2) is 8.78 Å². The summed E-state index contributed by atoms with van der Waals surface area (Å²) in [5.74, 6) is -2.65. The molecule has 2 rings (SSSR count). The molecule has 2 amide bonds. The van der Waals surface area contributed by atoms with Gasteiger partial charge >= 0.3 is 0 Å². The number of nitrogens with one attached hydrogen (secondary N) is 1. The third-order valence-electron chi connectivity index (χ3n) is 3.33. The minimum Gasteiger partial charge on any atom is -0.350 e. The average Bonchev–Trinajstić information content (AvgIpc) is 2.54. The Bertz CT molecular complexity index is 768. The summed E-state index contributed by atoms with van der Waals surface area (Å²) in [5.41, 5.74) is 0.705. The number of carbonyl (C=O) groups is 2. The molecule has 1 N–H and O–H groups in total. The van der Waals surface area contributed by atoms with Crippen molar-refractivity contribution in [3.8, 4) is 0 Å². The molecule has 0 saturated heterocycles. The maximum atomic E-state index is 13.3. The van der Waals surface area contributed by atoms with E-state index in [1.165, 1.54) is 17.9 Å². The number of hydrogen-bond donors (Lipinski definition) is 1. The standard InChI is InChI=1S/C17H15BrF2N2O2/c1-11(23)22(12-6-7-15(19)16(20)10-12)9-8-21-17(24)13-4-2-3-5-14(13)18/h2-7,10H,8-9H2,1H3,(H,21,24). The summed E-state index contributed by atoms with van der Waals surface area (Å²) in [5, 5.41) is 2.69. The third-order valence-corrected chi connectivity index (χ3v) is 4.03. The van der Waals surface area contributed by atoms with Crippen molar-refractivity contribution in [1.29, 1.82) is 0 Å². The van der Waals surface area contributed by atoms with E-state index in [9.17, 15) is 18.4 Å². The molecule has 0 spiro atoms. The van der Waals surface area contributed by atoms with Crippen molar-refractivity contribution in [2.75, 3.05) is 18.0 Å². The molecule has 2 aromatic rings. The maximum absolute atomic E-state index is 13.3. The normalized spacial score (nSPS) is 10.3. The zero-order valence-electron chi connectivity index (χ0n) is 12.9. The molecule has 0 radical (unpaired) electrons. The second kappa shape index (κ2) is 8.01. The Kier molecular flexibility index (Phi) is 6.03. The summed E-state index contributed by atoms with van der Waals surface area (Å²) in [4.78, 5) is 25.1. The predicted molar refractivity (Wildman–Crippen MR) is 90.9 cm³/mol. The maximum Gasteiger partial charge on any atom is 0.252 e. The van der Waals surface area contributed by atoms with E-state index in [-0.39, 0.29) is 30.6 Å². The van der Waals surface area contributed by atoms with Gasteiger partial charge in [0.2, 0.25) is 5.91 Å². The number of benzene rings is 2. The average molecular weight is 397 g/mol. The molecular formula is C17H15BrF2N2O2. The second-order valence-corrected chi connectivity index (χ2v) is 5.86. The van der Waals surface area contributed by atoms with Gasteiger partial charge in [-0.3, -0.25) is 9.59 Å². The Morgan fingerprint density at radius 1 is 1.12 bits per heavy atom. The highest BCUT2D eigenvalue weighted by Crippen LogP contribution is 2.18. The van der Waals surface area contributed by atoms with E-state index in [2.05, 4.69) is 21.2 Å². The molecule has 0 heterocycles. The van der Waals surface area contributed by atoms with Crippen LogP contribution >= 0.6 is 15.9 Å². The molecule has 126 valence electrons. The Labute approximate surface area is 146 Å². The van der Waals surface area contributed by atoms with Gasteiger partial charge in [0.1, 0.15) is 0 Å². The summed E-state index contributed by atoms with van der Waals surface area (Å²) in [6.45, 7) is 1.62. The summed E-state index contributed by atoms with van der Waals surface area (Å²) >= 11 is 3.29. The van der Waals surface area contributed by atoms with Crippen LogP contribution in [0.3, 0.4) is 0 Å². The number of halogens is 3. The van der Waals surface area contributed by atoms with Crippen molar-refractivity contribution in [1.82, 2.24) is 5.32 Å². The molecule has 0 aliphatic rings. The van der Waals surface area contributed by atoms with Crippen molar-refractivity contribution in [2.45, 2.75) is 6.92 Å². The first-order chi connectivity index (χ1) is 11.4. The van der Waals surface area contributed by atoms with Crippen molar-refractivity contribution in [2.24, 2.45) is 0 Å². The lowest BCUT2D eigenvalue weighted by Gasteiger charge is -2.21. The van der Waals surface area contributed by atoms with Crippen LogP contribution in [0, 0.1) is 11.6 Å². The van der Waals surface area contributed by atoms with Gasteiger partial charge in [-0.2, -0.15) is 0 Å². The van der Waals surface area contributed by atoms with Crippen LogP contribution in [-0.2, 0) is 4.79 Å². The van der Waals surface area contributed by atoms with Crippen LogP contribution in [0.2, 0.25) is 0 Å². The highest BCUT2D eigenvalue weighted by molar-refractivity contribution is 9.10. The van der Waals surface area contributed by atoms with Crippen LogP contribution in [0.1, 0.15) is 17.3 Å². The van der Waals surface area contributed by atoms with Crippen molar-refractivity contribution < 1.29 is 18.4 Å². The van der Waals surface area contributed by atoms with E-state index < -0.39 is 11.6 Å². The Morgan fingerprint density at radius 2 is 1.83 bits per heavy atom. The number of nitrogens with zero attached hydrogens (tertiary/aromatic N) is 1. The zero-order chi connectivity index (χ0) is 17.7. The third kappa shape index (κ3) is 4.38. The topological polar surface area (TPSA) is 49.4 Å². The van der Waals surface area contributed by atoms with E-state index >= 15 is 0 Å². The molecule has 0 saturated carbocycles. The molecule has 7 heteroatoms. The largest absolute Gasteiger partial charge is 0.350 e. The fraction of sp³-hybridized carbons (Fsp3) is 0.176. The van der Waals surface area contributed by atoms with Crippen LogP contribution in [0.15, 0.2) is 46.9 Å². The lowest BCUT2D eigenvalue weighted by molar-refractivity contribution is -0.116. The van der Waals surface area contributed by atoms with Crippen LogP contribution in [0.25, 0.3) is 0 Å². The minimum atomic E-state index is -1.03. The van der Waals surface area contributed by atoms with Crippen molar-refractivity contribution in [3.63, 3.8) is 0 Å². The molecule has 0 aliphatic heterocycles. The van der Waals surface area contributed by atoms with Crippen molar-refractivity contribution in [3.05, 3.63) is 64.1 Å². The first-order valence-corrected chi connectivity index (χ1v) is 7.95. The molecule has 0 fully saturated rings. The molecule has 0 atom stereocenters.